The Morgan fingerprint density at radius 3 is 1.27 bits per heavy atom. The minimum atomic E-state index is -0.254. The normalized spacial score (nSPS) is 10.0. The van der Waals surface area contributed by atoms with Gasteiger partial charge < -0.3 is 20.4 Å². The summed E-state index contributed by atoms with van der Waals surface area (Å²) in [4.78, 5) is 16.0. The number of nitrogens with one attached hydrogen (secondary N) is 2. The Morgan fingerprint density at radius 1 is 0.682 bits per heavy atom. The highest BCUT2D eigenvalue weighted by atomic mass is 16.2. The van der Waals surface area contributed by atoms with Crippen molar-refractivity contribution in [3.05, 3.63) is 48.5 Å². The average molecular weight is 298 g/mol. The lowest BCUT2D eigenvalue weighted by Crippen LogP contribution is -2.19. The van der Waals surface area contributed by atoms with Gasteiger partial charge in [0.2, 0.25) is 0 Å². The Bertz CT molecular complexity index is 563. The van der Waals surface area contributed by atoms with E-state index < -0.39 is 0 Å². The van der Waals surface area contributed by atoms with Crippen LogP contribution in [0.2, 0.25) is 0 Å². The molecule has 2 rings (SSSR count). The van der Waals surface area contributed by atoms with Gasteiger partial charge in [0.15, 0.2) is 0 Å². The zero-order chi connectivity index (χ0) is 16.1. The van der Waals surface area contributed by atoms with Gasteiger partial charge in [-0.05, 0) is 48.5 Å². The average Bonchev–Trinajstić information content (AvgIpc) is 2.48. The van der Waals surface area contributed by atoms with E-state index in [-0.39, 0.29) is 6.03 Å². The van der Waals surface area contributed by atoms with Crippen molar-refractivity contribution >= 4 is 28.8 Å². The van der Waals surface area contributed by atoms with Gasteiger partial charge in [-0.3, -0.25) is 0 Å². The third-order valence-corrected chi connectivity index (χ3v) is 3.28. The lowest BCUT2D eigenvalue weighted by atomic mass is 10.2. The van der Waals surface area contributed by atoms with E-state index in [1.807, 2.05) is 86.5 Å². The molecule has 0 bridgehead atoms. The number of hydrogen-bond donors (Lipinski definition) is 2. The first-order valence-corrected chi connectivity index (χ1v) is 7.08. The van der Waals surface area contributed by atoms with E-state index in [9.17, 15) is 4.79 Å². The number of nitrogens with zero attached hydrogens (tertiary/aromatic N) is 2. The largest absolute Gasteiger partial charge is 0.378 e. The van der Waals surface area contributed by atoms with Crippen LogP contribution in [0, 0.1) is 0 Å². The molecule has 2 N–H and O–H groups in total. The fraction of sp³-hybridized carbons (Fsp3) is 0.235. The van der Waals surface area contributed by atoms with E-state index in [4.69, 9.17) is 0 Å². The molecule has 0 saturated heterocycles. The number of carbonyl (C=O) groups excluding carboxylic acids is 1. The number of amides is 2. The maximum absolute atomic E-state index is 12.0. The number of carbonyl (C=O) groups is 1. The summed E-state index contributed by atoms with van der Waals surface area (Å²) < 4.78 is 0. The fourth-order valence-electron chi connectivity index (χ4n) is 1.98. The molecule has 0 spiro atoms. The van der Waals surface area contributed by atoms with E-state index in [2.05, 4.69) is 10.6 Å². The molecule has 0 unspecified atom stereocenters. The molecule has 2 amide bonds. The van der Waals surface area contributed by atoms with Gasteiger partial charge in [-0.2, -0.15) is 0 Å². The monoisotopic (exact) mass is 298 g/mol. The first-order chi connectivity index (χ1) is 10.5. The molecule has 0 aliphatic heterocycles. The van der Waals surface area contributed by atoms with Crippen LogP contribution in [0.25, 0.3) is 0 Å². The highest BCUT2D eigenvalue weighted by Crippen LogP contribution is 2.17. The summed E-state index contributed by atoms with van der Waals surface area (Å²) in [5.41, 5.74) is 3.69. The first-order valence-electron chi connectivity index (χ1n) is 7.08. The molecule has 0 heterocycles. The summed E-state index contributed by atoms with van der Waals surface area (Å²) in [7, 11) is 7.91. The highest BCUT2D eigenvalue weighted by molar-refractivity contribution is 5.99. The highest BCUT2D eigenvalue weighted by Gasteiger charge is 2.04. The molecular formula is C17H22N4O. The Morgan fingerprint density at radius 2 is 1.00 bits per heavy atom. The fourth-order valence-corrected chi connectivity index (χ4v) is 1.98. The van der Waals surface area contributed by atoms with Gasteiger partial charge in [-0.1, -0.05) is 0 Å². The zero-order valence-corrected chi connectivity index (χ0v) is 13.4. The van der Waals surface area contributed by atoms with Crippen LogP contribution in [-0.4, -0.2) is 34.2 Å². The van der Waals surface area contributed by atoms with Gasteiger partial charge in [0.25, 0.3) is 0 Å². The van der Waals surface area contributed by atoms with Crippen molar-refractivity contribution in [1.29, 1.82) is 0 Å². The molecule has 22 heavy (non-hydrogen) atoms. The maximum Gasteiger partial charge on any atom is 0.323 e. The van der Waals surface area contributed by atoms with Crippen molar-refractivity contribution in [2.45, 2.75) is 0 Å². The van der Waals surface area contributed by atoms with Crippen LogP contribution in [0.5, 0.6) is 0 Å². The maximum atomic E-state index is 12.0. The second-order valence-electron chi connectivity index (χ2n) is 5.46. The molecule has 5 nitrogen and oxygen atoms in total. The third kappa shape index (κ3) is 4.15. The summed E-state index contributed by atoms with van der Waals surface area (Å²) in [6.07, 6.45) is 0. The summed E-state index contributed by atoms with van der Waals surface area (Å²) >= 11 is 0. The van der Waals surface area contributed by atoms with Crippen LogP contribution < -0.4 is 20.4 Å². The van der Waals surface area contributed by atoms with Crippen LogP contribution in [0.1, 0.15) is 0 Å². The van der Waals surface area contributed by atoms with E-state index in [0.717, 1.165) is 22.7 Å². The molecule has 0 aliphatic rings. The minimum absolute atomic E-state index is 0.254. The number of rotatable bonds is 4. The summed E-state index contributed by atoms with van der Waals surface area (Å²) in [5, 5.41) is 5.63. The molecule has 0 fully saturated rings. The first kappa shape index (κ1) is 15.7. The number of anilines is 4. The van der Waals surface area contributed by atoms with Gasteiger partial charge in [0.1, 0.15) is 0 Å². The number of urea groups is 1. The van der Waals surface area contributed by atoms with Crippen molar-refractivity contribution in [3.63, 3.8) is 0 Å². The Balaban J connectivity index is 1.94. The van der Waals surface area contributed by atoms with Crippen LogP contribution >= 0.6 is 0 Å². The Labute approximate surface area is 131 Å². The lowest BCUT2D eigenvalue weighted by Gasteiger charge is -2.14. The lowest BCUT2D eigenvalue weighted by molar-refractivity contribution is 0.262. The van der Waals surface area contributed by atoms with Gasteiger partial charge in [0, 0.05) is 50.9 Å². The second-order valence-corrected chi connectivity index (χ2v) is 5.46. The summed E-state index contributed by atoms with van der Waals surface area (Å²) in [6, 6.07) is 15.1. The van der Waals surface area contributed by atoms with Crippen LogP contribution in [0.3, 0.4) is 0 Å². The smallest absolute Gasteiger partial charge is 0.323 e. The predicted molar refractivity (Wildman–Crippen MR) is 94.2 cm³/mol. The molecule has 2 aromatic rings. The topological polar surface area (TPSA) is 47.6 Å². The molecule has 0 radical (unpaired) electrons. The minimum Gasteiger partial charge on any atom is -0.378 e. The molecule has 2 aromatic carbocycles. The third-order valence-electron chi connectivity index (χ3n) is 3.28. The van der Waals surface area contributed by atoms with Gasteiger partial charge in [0.05, 0.1) is 0 Å². The van der Waals surface area contributed by atoms with E-state index >= 15 is 0 Å². The van der Waals surface area contributed by atoms with Crippen molar-refractivity contribution < 1.29 is 4.79 Å². The molecule has 0 aromatic heterocycles. The molecule has 0 saturated carbocycles. The van der Waals surface area contributed by atoms with E-state index in [0.29, 0.717) is 0 Å². The van der Waals surface area contributed by atoms with Crippen molar-refractivity contribution in [1.82, 2.24) is 0 Å². The Kier molecular flexibility index (Phi) is 4.88. The number of benzene rings is 2. The standard InChI is InChI=1S/C17H22N4O/c1-20(2)15-9-5-13(6-10-15)18-17(22)19-14-7-11-16(12-8-14)21(3)4/h5-12H,1-4H3,(H2,18,19,22). The van der Waals surface area contributed by atoms with Gasteiger partial charge in [-0.25, -0.2) is 4.79 Å². The van der Waals surface area contributed by atoms with E-state index in [1.54, 1.807) is 0 Å². The molecule has 116 valence electrons. The summed E-state index contributed by atoms with van der Waals surface area (Å²) in [5.74, 6) is 0. The van der Waals surface area contributed by atoms with Crippen LogP contribution in [-0.2, 0) is 0 Å². The molecule has 5 heteroatoms. The van der Waals surface area contributed by atoms with Crippen LogP contribution in [0.15, 0.2) is 48.5 Å². The summed E-state index contributed by atoms with van der Waals surface area (Å²) in [6.45, 7) is 0. The number of hydrogen-bond acceptors (Lipinski definition) is 3. The van der Waals surface area contributed by atoms with Gasteiger partial charge >= 0.3 is 6.03 Å². The molecular weight excluding hydrogens is 276 g/mol. The zero-order valence-electron chi connectivity index (χ0n) is 13.4. The predicted octanol–water partition coefficient (Wildman–Crippen LogP) is 3.46. The van der Waals surface area contributed by atoms with Gasteiger partial charge in [-0.15, -0.1) is 0 Å². The van der Waals surface area contributed by atoms with Crippen molar-refractivity contribution in [2.24, 2.45) is 0 Å². The van der Waals surface area contributed by atoms with E-state index in [1.165, 1.54) is 0 Å². The molecule has 0 atom stereocenters. The van der Waals surface area contributed by atoms with Crippen LogP contribution in [0.4, 0.5) is 27.5 Å². The van der Waals surface area contributed by atoms with Crippen molar-refractivity contribution in [2.75, 3.05) is 48.6 Å². The SMILES string of the molecule is CN(C)c1ccc(NC(=O)Nc2ccc(N(C)C)cc2)cc1. The quantitative estimate of drug-likeness (QED) is 0.908. The molecule has 0 aliphatic carbocycles. The second kappa shape index (κ2) is 6.85. The van der Waals surface area contributed by atoms with Crippen molar-refractivity contribution in [3.8, 4) is 0 Å². The Hall–Kier alpha value is -2.69.